The van der Waals surface area contributed by atoms with Crippen LogP contribution >= 0.6 is 0 Å². The number of fused-ring (bicyclic) bond motifs is 1. The highest BCUT2D eigenvalue weighted by molar-refractivity contribution is 5.33. The van der Waals surface area contributed by atoms with Gasteiger partial charge in [-0.3, -0.25) is 0 Å². The highest BCUT2D eigenvalue weighted by atomic mass is 16.5. The molecule has 0 saturated carbocycles. The van der Waals surface area contributed by atoms with Gasteiger partial charge in [-0.2, -0.15) is 0 Å². The van der Waals surface area contributed by atoms with Crippen LogP contribution in [0.3, 0.4) is 0 Å². The molecule has 0 aliphatic carbocycles. The Labute approximate surface area is 90.6 Å². The van der Waals surface area contributed by atoms with E-state index in [2.05, 4.69) is 30.4 Å². The summed E-state index contributed by atoms with van der Waals surface area (Å²) >= 11 is 0. The van der Waals surface area contributed by atoms with Gasteiger partial charge in [0.2, 0.25) is 0 Å². The van der Waals surface area contributed by atoms with Gasteiger partial charge >= 0.3 is 0 Å². The van der Waals surface area contributed by atoms with Gasteiger partial charge in [-0.15, -0.1) is 0 Å². The van der Waals surface area contributed by atoms with Crippen molar-refractivity contribution < 1.29 is 4.74 Å². The Morgan fingerprint density at radius 3 is 3.00 bits per heavy atom. The second kappa shape index (κ2) is 4.75. The summed E-state index contributed by atoms with van der Waals surface area (Å²) in [6.07, 6.45) is 0. The monoisotopic (exact) mass is 206 g/mol. The average molecular weight is 206 g/mol. The van der Waals surface area contributed by atoms with E-state index < -0.39 is 0 Å². The average Bonchev–Trinajstić information content (AvgIpc) is 2.72. The first-order chi connectivity index (χ1) is 7.29. The zero-order chi connectivity index (χ0) is 10.7. The number of rotatable bonds is 4. The fourth-order valence-corrected chi connectivity index (χ4v) is 1.71. The zero-order valence-electron chi connectivity index (χ0n) is 9.12. The van der Waals surface area contributed by atoms with Crippen molar-refractivity contribution in [3.8, 4) is 0 Å². The summed E-state index contributed by atoms with van der Waals surface area (Å²) in [4.78, 5) is 0. The fraction of sp³-hybridized carbons (Fsp3) is 0.500. The lowest BCUT2D eigenvalue weighted by Crippen LogP contribution is -2.32. The third kappa shape index (κ3) is 2.56. The first-order valence-corrected chi connectivity index (χ1v) is 5.41. The van der Waals surface area contributed by atoms with Crippen LogP contribution in [0.5, 0.6) is 0 Å². The van der Waals surface area contributed by atoms with Crippen molar-refractivity contribution in [3.05, 3.63) is 34.9 Å². The Morgan fingerprint density at radius 2 is 2.20 bits per heavy atom. The van der Waals surface area contributed by atoms with Crippen LogP contribution in [-0.4, -0.2) is 12.6 Å². The number of ether oxygens (including phenoxy) is 1. The predicted molar refractivity (Wildman–Crippen MR) is 60.3 cm³/mol. The molecule has 0 aromatic heterocycles. The topological polar surface area (TPSA) is 47.3 Å². The first-order valence-electron chi connectivity index (χ1n) is 5.41. The Morgan fingerprint density at radius 1 is 1.40 bits per heavy atom. The van der Waals surface area contributed by atoms with Gasteiger partial charge in [0, 0.05) is 19.1 Å². The molecular weight excluding hydrogens is 188 g/mol. The molecular formula is C12H18N2O. The molecule has 3 N–H and O–H groups in total. The highest BCUT2D eigenvalue weighted by Crippen LogP contribution is 2.20. The van der Waals surface area contributed by atoms with Crippen LogP contribution in [0.25, 0.3) is 0 Å². The number of benzene rings is 1. The van der Waals surface area contributed by atoms with Gasteiger partial charge in [0.1, 0.15) is 0 Å². The first kappa shape index (κ1) is 10.6. The summed E-state index contributed by atoms with van der Waals surface area (Å²) in [7, 11) is 0. The Balaban J connectivity index is 1.98. The van der Waals surface area contributed by atoms with Crippen LogP contribution in [0.2, 0.25) is 0 Å². The molecule has 1 heterocycles. The molecule has 1 aromatic carbocycles. The van der Waals surface area contributed by atoms with E-state index >= 15 is 0 Å². The predicted octanol–water partition coefficient (Wildman–Crippen LogP) is 1.15. The van der Waals surface area contributed by atoms with Crippen molar-refractivity contribution in [1.82, 2.24) is 5.32 Å². The maximum atomic E-state index is 5.54. The minimum absolute atomic E-state index is 0.370. The van der Waals surface area contributed by atoms with E-state index in [9.17, 15) is 0 Å². The molecule has 15 heavy (non-hydrogen) atoms. The van der Waals surface area contributed by atoms with Crippen molar-refractivity contribution in [2.75, 3.05) is 6.54 Å². The summed E-state index contributed by atoms with van der Waals surface area (Å²) in [6.45, 7) is 5.17. The van der Waals surface area contributed by atoms with E-state index in [4.69, 9.17) is 10.5 Å². The smallest absolute Gasteiger partial charge is 0.0725 e. The number of nitrogens with two attached hydrogens (primary N) is 1. The summed E-state index contributed by atoms with van der Waals surface area (Å²) in [5.41, 5.74) is 9.50. The molecule has 0 saturated heterocycles. The fourth-order valence-electron chi connectivity index (χ4n) is 1.71. The minimum Gasteiger partial charge on any atom is -0.372 e. The zero-order valence-corrected chi connectivity index (χ0v) is 9.12. The standard InChI is InChI=1S/C12H18N2O/c1-9(5-13)14-6-10-2-3-11-7-15-8-12(11)4-10/h2-4,9,14H,5-8,13H2,1H3/t9-/m0/s1. The third-order valence-corrected chi connectivity index (χ3v) is 2.79. The molecule has 0 spiro atoms. The molecule has 1 atom stereocenters. The molecule has 3 heteroatoms. The Kier molecular flexibility index (Phi) is 3.36. The van der Waals surface area contributed by atoms with Gasteiger partial charge in [-0.1, -0.05) is 18.2 Å². The van der Waals surface area contributed by atoms with Gasteiger partial charge in [0.25, 0.3) is 0 Å². The molecule has 0 fully saturated rings. The molecule has 3 nitrogen and oxygen atoms in total. The van der Waals surface area contributed by atoms with Crippen LogP contribution < -0.4 is 11.1 Å². The SMILES string of the molecule is C[C@@H](CN)NCc1ccc2c(c1)COC2. The molecule has 0 radical (unpaired) electrons. The quantitative estimate of drug-likeness (QED) is 0.777. The van der Waals surface area contributed by atoms with Gasteiger partial charge in [0.15, 0.2) is 0 Å². The van der Waals surface area contributed by atoms with E-state index in [0.29, 0.717) is 12.6 Å². The largest absolute Gasteiger partial charge is 0.372 e. The van der Waals surface area contributed by atoms with Crippen molar-refractivity contribution in [3.63, 3.8) is 0 Å². The third-order valence-electron chi connectivity index (χ3n) is 2.79. The van der Waals surface area contributed by atoms with E-state index in [-0.39, 0.29) is 0 Å². The van der Waals surface area contributed by atoms with Gasteiger partial charge in [-0.05, 0) is 23.6 Å². The summed E-state index contributed by atoms with van der Waals surface area (Å²) in [6, 6.07) is 6.91. The molecule has 1 aliphatic rings. The van der Waals surface area contributed by atoms with Gasteiger partial charge in [0.05, 0.1) is 13.2 Å². The van der Waals surface area contributed by atoms with E-state index in [1.807, 2.05) is 0 Å². The van der Waals surface area contributed by atoms with E-state index in [1.165, 1.54) is 16.7 Å². The normalized spacial score (nSPS) is 16.4. The number of hydrogen-bond donors (Lipinski definition) is 2. The maximum absolute atomic E-state index is 5.54. The van der Waals surface area contributed by atoms with E-state index in [1.54, 1.807) is 0 Å². The maximum Gasteiger partial charge on any atom is 0.0725 e. The molecule has 82 valence electrons. The van der Waals surface area contributed by atoms with Crippen LogP contribution in [-0.2, 0) is 24.5 Å². The van der Waals surface area contributed by atoms with Crippen molar-refractivity contribution in [2.24, 2.45) is 5.73 Å². The molecule has 1 aromatic rings. The molecule has 0 unspecified atom stereocenters. The summed E-state index contributed by atoms with van der Waals surface area (Å²) in [5.74, 6) is 0. The van der Waals surface area contributed by atoms with Crippen LogP contribution in [0.4, 0.5) is 0 Å². The molecule has 1 aliphatic heterocycles. The van der Waals surface area contributed by atoms with Crippen molar-refractivity contribution in [2.45, 2.75) is 32.7 Å². The van der Waals surface area contributed by atoms with Crippen molar-refractivity contribution >= 4 is 0 Å². The van der Waals surface area contributed by atoms with Crippen LogP contribution in [0.1, 0.15) is 23.6 Å². The second-order valence-electron chi connectivity index (χ2n) is 4.11. The Hall–Kier alpha value is -0.900. The Bertz CT molecular complexity index is 338. The van der Waals surface area contributed by atoms with Crippen LogP contribution in [0.15, 0.2) is 18.2 Å². The lowest BCUT2D eigenvalue weighted by Gasteiger charge is -2.11. The second-order valence-corrected chi connectivity index (χ2v) is 4.11. The van der Waals surface area contributed by atoms with E-state index in [0.717, 1.165) is 19.8 Å². The highest BCUT2D eigenvalue weighted by Gasteiger charge is 2.11. The number of hydrogen-bond acceptors (Lipinski definition) is 3. The van der Waals surface area contributed by atoms with Crippen molar-refractivity contribution in [1.29, 1.82) is 0 Å². The lowest BCUT2D eigenvalue weighted by atomic mass is 10.1. The summed E-state index contributed by atoms with van der Waals surface area (Å²) in [5, 5.41) is 3.37. The minimum atomic E-state index is 0.370. The molecule has 0 amide bonds. The van der Waals surface area contributed by atoms with Gasteiger partial charge < -0.3 is 15.8 Å². The lowest BCUT2D eigenvalue weighted by molar-refractivity contribution is 0.134. The molecule has 0 bridgehead atoms. The summed E-state index contributed by atoms with van der Waals surface area (Å²) < 4.78 is 5.38. The van der Waals surface area contributed by atoms with Crippen LogP contribution in [0, 0.1) is 0 Å². The molecule has 2 rings (SSSR count). The number of nitrogens with one attached hydrogen (secondary N) is 1. The van der Waals surface area contributed by atoms with Gasteiger partial charge in [-0.25, -0.2) is 0 Å².